The van der Waals surface area contributed by atoms with Gasteiger partial charge in [0.1, 0.15) is 6.54 Å². The second kappa shape index (κ2) is 8.75. The largest absolute Gasteiger partial charge is 0.354 e. The number of nitrogens with one attached hydrogen (secondary N) is 2. The molecule has 2 aromatic carbocycles. The van der Waals surface area contributed by atoms with Gasteiger partial charge in [0.15, 0.2) is 0 Å². The Morgan fingerprint density at radius 2 is 1.56 bits per heavy atom. The minimum absolute atomic E-state index is 0.00124. The maximum Gasteiger partial charge on any atom is 0.241 e. The lowest BCUT2D eigenvalue weighted by Gasteiger charge is -2.10. The van der Waals surface area contributed by atoms with E-state index in [1.807, 2.05) is 30.3 Å². The molecule has 0 unspecified atom stereocenters. The summed E-state index contributed by atoms with van der Waals surface area (Å²) in [6.07, 6.45) is 1.52. The van der Waals surface area contributed by atoms with Crippen LogP contribution in [0.25, 0.3) is 10.9 Å². The van der Waals surface area contributed by atoms with Crippen molar-refractivity contribution in [1.29, 1.82) is 0 Å². The maximum absolute atomic E-state index is 12.1. The number of aromatic nitrogens is 2. The van der Waals surface area contributed by atoms with E-state index in [4.69, 9.17) is 0 Å². The highest BCUT2D eigenvalue weighted by Crippen LogP contribution is 2.07. The summed E-state index contributed by atoms with van der Waals surface area (Å²) in [6.45, 7) is 0.659. The highest BCUT2D eigenvalue weighted by atomic mass is 16.2. The Hall–Kier alpha value is -3.48. The molecule has 27 heavy (non-hydrogen) atoms. The monoisotopic (exact) mass is 364 g/mol. The molecule has 1 aromatic heterocycles. The van der Waals surface area contributed by atoms with Crippen LogP contribution in [0.4, 0.5) is 0 Å². The Labute approximate surface area is 156 Å². The average Bonchev–Trinajstić information content (AvgIpc) is 2.68. The van der Waals surface area contributed by atoms with Gasteiger partial charge >= 0.3 is 0 Å². The number of para-hydroxylation sites is 1. The van der Waals surface area contributed by atoms with E-state index in [-0.39, 0.29) is 23.8 Å². The minimum atomic E-state index is -0.242. The molecule has 0 aliphatic heterocycles. The SMILES string of the molecule is O=C(Cc1ccccc1)NCCNC(=O)Cn1ncc(=O)c2ccccc21. The van der Waals surface area contributed by atoms with Gasteiger partial charge in [-0.25, -0.2) is 0 Å². The minimum Gasteiger partial charge on any atom is -0.354 e. The molecule has 0 aliphatic rings. The molecule has 0 fully saturated rings. The number of nitrogens with zero attached hydrogens (tertiary/aromatic N) is 2. The van der Waals surface area contributed by atoms with Crippen LogP contribution in [-0.4, -0.2) is 34.7 Å². The van der Waals surface area contributed by atoms with Gasteiger partial charge in [-0.3, -0.25) is 19.1 Å². The number of rotatable bonds is 7. The third kappa shape index (κ3) is 5.01. The van der Waals surface area contributed by atoms with Gasteiger partial charge in [-0.1, -0.05) is 42.5 Å². The summed E-state index contributed by atoms with van der Waals surface area (Å²) in [4.78, 5) is 35.8. The van der Waals surface area contributed by atoms with Crippen molar-refractivity contribution < 1.29 is 9.59 Å². The fourth-order valence-corrected chi connectivity index (χ4v) is 2.73. The van der Waals surface area contributed by atoms with Gasteiger partial charge in [-0.2, -0.15) is 5.10 Å². The molecule has 2 N–H and O–H groups in total. The lowest BCUT2D eigenvalue weighted by atomic mass is 10.1. The predicted octanol–water partition coefficient (Wildman–Crippen LogP) is 0.872. The summed E-state index contributed by atoms with van der Waals surface area (Å²) in [5, 5.41) is 10.1. The number of benzene rings is 2. The van der Waals surface area contributed by atoms with Crippen molar-refractivity contribution in [3.63, 3.8) is 0 Å². The van der Waals surface area contributed by atoms with Gasteiger partial charge in [0.2, 0.25) is 17.2 Å². The maximum atomic E-state index is 12.1. The zero-order valence-corrected chi connectivity index (χ0v) is 14.7. The van der Waals surface area contributed by atoms with Crippen LogP contribution in [0, 0.1) is 0 Å². The summed E-state index contributed by atoms with van der Waals surface area (Å²) in [7, 11) is 0. The van der Waals surface area contributed by atoms with Gasteiger partial charge in [0.25, 0.3) is 0 Å². The molecule has 0 aliphatic carbocycles. The second-order valence-corrected chi connectivity index (χ2v) is 6.05. The molecule has 0 saturated heterocycles. The van der Waals surface area contributed by atoms with E-state index in [0.29, 0.717) is 30.4 Å². The van der Waals surface area contributed by atoms with Crippen molar-refractivity contribution in [3.05, 3.63) is 76.6 Å². The highest BCUT2D eigenvalue weighted by molar-refractivity contribution is 5.81. The zero-order valence-electron chi connectivity index (χ0n) is 14.7. The molecule has 0 spiro atoms. The molecule has 138 valence electrons. The van der Waals surface area contributed by atoms with Crippen LogP contribution in [0.15, 0.2) is 65.6 Å². The molecule has 0 atom stereocenters. The van der Waals surface area contributed by atoms with Gasteiger partial charge in [-0.15, -0.1) is 0 Å². The fourth-order valence-electron chi connectivity index (χ4n) is 2.73. The quantitative estimate of drug-likeness (QED) is 0.609. The lowest BCUT2D eigenvalue weighted by molar-refractivity contribution is -0.123. The number of hydrogen-bond donors (Lipinski definition) is 2. The Bertz CT molecular complexity index is 999. The smallest absolute Gasteiger partial charge is 0.241 e. The van der Waals surface area contributed by atoms with E-state index in [9.17, 15) is 14.4 Å². The topological polar surface area (TPSA) is 93.1 Å². The van der Waals surface area contributed by atoms with Gasteiger partial charge in [0.05, 0.1) is 18.1 Å². The Kier molecular flexibility index (Phi) is 5.94. The highest BCUT2D eigenvalue weighted by Gasteiger charge is 2.08. The van der Waals surface area contributed by atoms with Crippen molar-refractivity contribution in [1.82, 2.24) is 20.4 Å². The lowest BCUT2D eigenvalue weighted by Crippen LogP contribution is -2.37. The van der Waals surface area contributed by atoms with Crippen LogP contribution in [-0.2, 0) is 22.6 Å². The van der Waals surface area contributed by atoms with E-state index < -0.39 is 0 Å². The van der Waals surface area contributed by atoms with Crippen LogP contribution >= 0.6 is 0 Å². The fraction of sp³-hybridized carbons (Fsp3) is 0.200. The van der Waals surface area contributed by atoms with E-state index in [1.165, 1.54) is 10.9 Å². The molecule has 0 bridgehead atoms. The summed E-state index contributed by atoms with van der Waals surface area (Å²) in [6, 6.07) is 16.5. The Morgan fingerprint density at radius 3 is 2.33 bits per heavy atom. The first-order valence-corrected chi connectivity index (χ1v) is 8.65. The second-order valence-electron chi connectivity index (χ2n) is 6.05. The van der Waals surface area contributed by atoms with Crippen LogP contribution in [0.1, 0.15) is 5.56 Å². The number of carbonyl (C=O) groups excluding carboxylic acids is 2. The molecule has 2 amide bonds. The third-order valence-corrected chi connectivity index (χ3v) is 4.03. The average molecular weight is 364 g/mol. The van der Waals surface area contributed by atoms with E-state index in [0.717, 1.165) is 5.56 Å². The zero-order chi connectivity index (χ0) is 19.1. The van der Waals surface area contributed by atoms with Gasteiger partial charge < -0.3 is 10.6 Å². The standard InChI is InChI=1S/C20H20N4O3/c25-18-13-23-24(17-9-5-4-8-16(17)18)14-20(27)22-11-10-21-19(26)12-15-6-2-1-3-7-15/h1-9,13H,10-12,14H2,(H,21,26)(H,22,27). The van der Waals surface area contributed by atoms with E-state index in [2.05, 4.69) is 15.7 Å². The number of amides is 2. The Balaban J connectivity index is 1.46. The third-order valence-electron chi connectivity index (χ3n) is 4.03. The summed E-state index contributed by atoms with van der Waals surface area (Å²) < 4.78 is 1.49. The van der Waals surface area contributed by atoms with Crippen LogP contribution in [0.2, 0.25) is 0 Å². The van der Waals surface area contributed by atoms with Crippen LogP contribution < -0.4 is 16.1 Å². The van der Waals surface area contributed by atoms with Crippen molar-refractivity contribution in [3.8, 4) is 0 Å². The molecular formula is C20H20N4O3. The van der Waals surface area contributed by atoms with Gasteiger partial charge in [-0.05, 0) is 17.7 Å². The van der Waals surface area contributed by atoms with Crippen LogP contribution in [0.5, 0.6) is 0 Å². The van der Waals surface area contributed by atoms with Gasteiger partial charge in [0, 0.05) is 18.5 Å². The van der Waals surface area contributed by atoms with E-state index in [1.54, 1.807) is 24.3 Å². The van der Waals surface area contributed by atoms with Crippen molar-refractivity contribution >= 4 is 22.7 Å². The molecule has 7 heteroatoms. The molecule has 1 heterocycles. The first-order valence-electron chi connectivity index (χ1n) is 8.65. The predicted molar refractivity (Wildman–Crippen MR) is 102 cm³/mol. The van der Waals surface area contributed by atoms with Crippen LogP contribution in [0.3, 0.4) is 0 Å². The summed E-state index contributed by atoms with van der Waals surface area (Å²) in [5.74, 6) is -0.336. The molecular weight excluding hydrogens is 344 g/mol. The first-order chi connectivity index (χ1) is 13.1. The molecule has 7 nitrogen and oxygen atoms in total. The molecule has 0 radical (unpaired) electrons. The number of hydrogen-bond acceptors (Lipinski definition) is 4. The normalized spacial score (nSPS) is 10.5. The van der Waals surface area contributed by atoms with E-state index >= 15 is 0 Å². The van der Waals surface area contributed by atoms with Crippen molar-refractivity contribution in [2.75, 3.05) is 13.1 Å². The molecule has 0 saturated carbocycles. The Morgan fingerprint density at radius 1 is 0.889 bits per heavy atom. The first kappa shape index (κ1) is 18.3. The van der Waals surface area contributed by atoms with Crippen molar-refractivity contribution in [2.24, 2.45) is 0 Å². The molecule has 3 aromatic rings. The number of carbonyl (C=O) groups is 2. The number of fused-ring (bicyclic) bond motifs is 1. The summed E-state index contributed by atoms with van der Waals surface area (Å²) in [5.41, 5.74) is 1.37. The van der Waals surface area contributed by atoms with Crippen molar-refractivity contribution in [2.45, 2.75) is 13.0 Å². The summed E-state index contributed by atoms with van der Waals surface area (Å²) >= 11 is 0. The molecule has 3 rings (SSSR count).